The highest BCUT2D eigenvalue weighted by atomic mass is 16.6. The van der Waals surface area contributed by atoms with E-state index >= 15 is 0 Å². The van der Waals surface area contributed by atoms with Crippen molar-refractivity contribution in [3.63, 3.8) is 0 Å². The van der Waals surface area contributed by atoms with Crippen LogP contribution in [-0.2, 0) is 19.1 Å². The maximum Gasteiger partial charge on any atom is 0.306 e. The molecule has 0 saturated carbocycles. The van der Waals surface area contributed by atoms with Crippen molar-refractivity contribution in [2.24, 2.45) is 0 Å². The maximum absolute atomic E-state index is 12.2. The summed E-state index contributed by atoms with van der Waals surface area (Å²) in [5.74, 6) is -0.582. The molecule has 0 aliphatic rings. The average Bonchev–Trinajstić information content (AvgIpc) is 3.23. The average molecular weight is 813 g/mol. The van der Waals surface area contributed by atoms with E-state index in [1.807, 2.05) is 0 Å². The maximum atomic E-state index is 12.2. The van der Waals surface area contributed by atoms with Crippen molar-refractivity contribution in [1.82, 2.24) is 0 Å². The number of esters is 2. The molecule has 0 fully saturated rings. The van der Waals surface area contributed by atoms with Crippen LogP contribution in [0, 0.1) is 0 Å². The molecule has 5 nitrogen and oxygen atoms in total. The van der Waals surface area contributed by atoms with Gasteiger partial charge in [0.1, 0.15) is 6.61 Å². The van der Waals surface area contributed by atoms with Gasteiger partial charge in [-0.15, -0.1) is 0 Å². The third-order valence-corrected chi connectivity index (χ3v) is 11.1. The minimum absolute atomic E-state index is 0.0609. The molecule has 0 aromatic carbocycles. The normalized spacial score (nSPS) is 12.5. The number of aliphatic hydroxyl groups excluding tert-OH is 1. The van der Waals surface area contributed by atoms with Gasteiger partial charge in [-0.2, -0.15) is 0 Å². The quantitative estimate of drug-likeness (QED) is 0.0376. The Labute approximate surface area is 360 Å². The van der Waals surface area contributed by atoms with Crippen LogP contribution in [0.2, 0.25) is 0 Å². The lowest BCUT2D eigenvalue weighted by Crippen LogP contribution is -2.28. The van der Waals surface area contributed by atoms with Gasteiger partial charge in [-0.25, -0.2) is 0 Å². The van der Waals surface area contributed by atoms with E-state index in [0.29, 0.717) is 12.8 Å². The minimum atomic E-state index is -0.765. The Morgan fingerprint density at radius 2 is 0.741 bits per heavy atom. The number of ether oxygens (including phenoxy) is 2. The Bertz CT molecular complexity index is 966. The molecule has 0 amide bonds. The van der Waals surface area contributed by atoms with Gasteiger partial charge < -0.3 is 14.6 Å². The number of hydrogen-bond acceptors (Lipinski definition) is 5. The van der Waals surface area contributed by atoms with E-state index in [4.69, 9.17) is 9.47 Å². The SMILES string of the molecule is CC/C=C\C/C=C\C/C=C\C/C=C\CCCCCCCCCCCCCCCCCCCCCCCCC(=O)OC(CO)COC(=O)CCCCCCCCCCC. The van der Waals surface area contributed by atoms with Crippen molar-refractivity contribution in [2.45, 2.75) is 264 Å². The lowest BCUT2D eigenvalue weighted by Gasteiger charge is -2.15. The topological polar surface area (TPSA) is 72.8 Å². The molecule has 0 rings (SSSR count). The second-order valence-corrected chi connectivity index (χ2v) is 16.9. The van der Waals surface area contributed by atoms with Crippen LogP contribution >= 0.6 is 0 Å². The largest absolute Gasteiger partial charge is 0.462 e. The molecule has 0 aromatic heterocycles. The standard InChI is InChI=1S/C53H96O5/c1-3-5-7-9-11-13-14-15-16-17-18-19-20-21-22-23-24-25-26-27-28-29-30-31-32-33-34-35-36-37-38-40-42-44-46-48-53(56)58-51(49-54)50-57-52(55)47-45-43-41-39-12-10-8-6-4-2/h5,7,11,13,15-16,18-19,51,54H,3-4,6,8-10,12,14,17,20-50H2,1-2H3/b7-5-,13-11-,16-15-,19-18-. The van der Waals surface area contributed by atoms with E-state index in [2.05, 4.69) is 62.5 Å². The zero-order valence-corrected chi connectivity index (χ0v) is 38.6. The van der Waals surface area contributed by atoms with Crippen LogP contribution in [-0.4, -0.2) is 36.4 Å². The monoisotopic (exact) mass is 813 g/mol. The molecule has 0 heterocycles. The smallest absolute Gasteiger partial charge is 0.306 e. The number of unbranched alkanes of at least 4 members (excludes halogenated alkanes) is 30. The highest BCUT2D eigenvalue weighted by molar-refractivity contribution is 5.70. The molecular weight excluding hydrogens is 717 g/mol. The molecule has 58 heavy (non-hydrogen) atoms. The highest BCUT2D eigenvalue weighted by Gasteiger charge is 2.16. The van der Waals surface area contributed by atoms with E-state index < -0.39 is 6.10 Å². The van der Waals surface area contributed by atoms with Crippen molar-refractivity contribution >= 4 is 11.9 Å². The predicted molar refractivity (Wildman–Crippen MR) is 251 cm³/mol. The van der Waals surface area contributed by atoms with Crippen LogP contribution in [0.15, 0.2) is 48.6 Å². The second-order valence-electron chi connectivity index (χ2n) is 16.9. The minimum Gasteiger partial charge on any atom is -0.462 e. The Balaban J connectivity index is 3.38. The van der Waals surface area contributed by atoms with E-state index in [1.165, 1.54) is 167 Å². The molecule has 0 spiro atoms. The molecular formula is C53H96O5. The molecule has 338 valence electrons. The summed E-state index contributed by atoms with van der Waals surface area (Å²) in [4.78, 5) is 24.3. The van der Waals surface area contributed by atoms with Crippen LogP contribution < -0.4 is 0 Å². The van der Waals surface area contributed by atoms with Crippen molar-refractivity contribution in [2.75, 3.05) is 13.2 Å². The number of rotatable bonds is 46. The van der Waals surface area contributed by atoms with Gasteiger partial charge in [0.05, 0.1) is 6.61 Å². The zero-order chi connectivity index (χ0) is 42.1. The summed E-state index contributed by atoms with van der Waals surface area (Å²) in [7, 11) is 0. The summed E-state index contributed by atoms with van der Waals surface area (Å²) in [6.45, 7) is 4.02. The van der Waals surface area contributed by atoms with Gasteiger partial charge in [0.15, 0.2) is 6.10 Å². The zero-order valence-electron chi connectivity index (χ0n) is 38.6. The molecule has 0 radical (unpaired) electrons. The third-order valence-electron chi connectivity index (χ3n) is 11.1. The third kappa shape index (κ3) is 46.5. The summed E-state index contributed by atoms with van der Waals surface area (Å²) in [5.41, 5.74) is 0. The van der Waals surface area contributed by atoms with Crippen molar-refractivity contribution in [1.29, 1.82) is 0 Å². The van der Waals surface area contributed by atoms with Gasteiger partial charge in [0, 0.05) is 12.8 Å². The van der Waals surface area contributed by atoms with Gasteiger partial charge in [0.2, 0.25) is 0 Å². The first kappa shape index (κ1) is 55.9. The van der Waals surface area contributed by atoms with Crippen LogP contribution in [0.3, 0.4) is 0 Å². The predicted octanol–water partition coefficient (Wildman–Crippen LogP) is 16.5. The summed E-state index contributed by atoms with van der Waals surface area (Å²) in [6.07, 6.45) is 63.8. The number of hydrogen-bond donors (Lipinski definition) is 1. The fourth-order valence-electron chi connectivity index (χ4n) is 7.37. The molecule has 0 bridgehead atoms. The summed E-state index contributed by atoms with van der Waals surface area (Å²) >= 11 is 0. The Hall–Kier alpha value is -2.14. The first-order valence-electron chi connectivity index (χ1n) is 25.2. The number of allylic oxidation sites excluding steroid dienone is 8. The van der Waals surface area contributed by atoms with Gasteiger partial charge in [-0.3, -0.25) is 9.59 Å². The van der Waals surface area contributed by atoms with Crippen LogP contribution in [0.25, 0.3) is 0 Å². The molecule has 0 aromatic rings. The van der Waals surface area contributed by atoms with E-state index in [1.54, 1.807) is 0 Å². The number of aliphatic hydroxyl groups is 1. The van der Waals surface area contributed by atoms with Gasteiger partial charge in [-0.05, 0) is 51.4 Å². The first-order valence-corrected chi connectivity index (χ1v) is 25.2. The van der Waals surface area contributed by atoms with Crippen molar-refractivity contribution in [3.05, 3.63) is 48.6 Å². The van der Waals surface area contributed by atoms with E-state index in [-0.39, 0.29) is 25.2 Å². The summed E-state index contributed by atoms with van der Waals surface area (Å²) in [5, 5.41) is 9.57. The lowest BCUT2D eigenvalue weighted by molar-refractivity contribution is -0.161. The molecule has 0 aliphatic heterocycles. The van der Waals surface area contributed by atoms with Crippen LogP contribution in [0.5, 0.6) is 0 Å². The van der Waals surface area contributed by atoms with Gasteiger partial charge in [0.25, 0.3) is 0 Å². The van der Waals surface area contributed by atoms with Crippen LogP contribution in [0.1, 0.15) is 258 Å². The Kier molecular flexibility index (Phi) is 47.4. The van der Waals surface area contributed by atoms with Crippen molar-refractivity contribution < 1.29 is 24.2 Å². The lowest BCUT2D eigenvalue weighted by atomic mass is 10.0. The second kappa shape index (κ2) is 49.2. The summed E-state index contributed by atoms with van der Waals surface area (Å²) in [6, 6.07) is 0. The Morgan fingerprint density at radius 1 is 0.414 bits per heavy atom. The fourth-order valence-corrected chi connectivity index (χ4v) is 7.37. The number of carbonyl (C=O) groups is 2. The highest BCUT2D eigenvalue weighted by Crippen LogP contribution is 2.16. The van der Waals surface area contributed by atoms with Crippen molar-refractivity contribution in [3.8, 4) is 0 Å². The fraction of sp³-hybridized carbons (Fsp3) is 0.811. The van der Waals surface area contributed by atoms with E-state index in [0.717, 1.165) is 64.2 Å². The van der Waals surface area contributed by atoms with Gasteiger partial charge >= 0.3 is 11.9 Å². The summed E-state index contributed by atoms with van der Waals surface area (Å²) < 4.78 is 10.6. The number of carbonyl (C=O) groups excluding carboxylic acids is 2. The van der Waals surface area contributed by atoms with Crippen LogP contribution in [0.4, 0.5) is 0 Å². The van der Waals surface area contributed by atoms with E-state index in [9.17, 15) is 14.7 Å². The molecule has 1 unspecified atom stereocenters. The molecule has 5 heteroatoms. The molecule has 0 saturated heterocycles. The van der Waals surface area contributed by atoms with Gasteiger partial charge in [-0.1, -0.05) is 242 Å². The molecule has 1 atom stereocenters. The Morgan fingerprint density at radius 3 is 1.12 bits per heavy atom. The first-order chi connectivity index (χ1) is 28.6. The molecule has 0 aliphatic carbocycles. The molecule has 1 N–H and O–H groups in total.